The number of hydrogen-bond donors (Lipinski definition) is 0. The van der Waals surface area contributed by atoms with Gasteiger partial charge in [-0.3, -0.25) is 4.79 Å². The number of benzene rings is 1. The molecule has 0 unspecified atom stereocenters. The lowest BCUT2D eigenvalue weighted by Gasteiger charge is -2.33. The van der Waals surface area contributed by atoms with Gasteiger partial charge in [-0.2, -0.15) is 0 Å². The minimum absolute atomic E-state index is 0.00135. The van der Waals surface area contributed by atoms with Crippen molar-refractivity contribution in [2.24, 2.45) is 5.92 Å². The van der Waals surface area contributed by atoms with Crippen molar-refractivity contribution in [1.29, 1.82) is 0 Å². The smallest absolute Gasteiger partial charge is 0.256 e. The van der Waals surface area contributed by atoms with Gasteiger partial charge in [0, 0.05) is 31.9 Å². The summed E-state index contributed by atoms with van der Waals surface area (Å²) in [5.41, 5.74) is 1.67. The van der Waals surface area contributed by atoms with E-state index in [1.54, 1.807) is 12.4 Å². The summed E-state index contributed by atoms with van der Waals surface area (Å²) < 4.78 is 13.0. The van der Waals surface area contributed by atoms with Gasteiger partial charge < -0.3 is 4.90 Å². The number of carbonyl (C=O) groups is 1. The van der Waals surface area contributed by atoms with Crippen LogP contribution in [0, 0.1) is 11.7 Å². The molecule has 4 nitrogen and oxygen atoms in total. The first-order chi connectivity index (χ1) is 11.7. The Bertz CT molecular complexity index is 685. The molecule has 0 N–H and O–H groups in total. The standard InChI is InChI=1S/C19H22FN3O/c1-2-18-21-11-16(12-22-18)19(24)23-9-3-4-15(13-23)10-14-5-7-17(20)8-6-14/h5-8,11-12,15H,2-4,9-10,13H2,1H3/t15-/m1/s1. The zero-order chi connectivity index (χ0) is 16.9. The van der Waals surface area contributed by atoms with Crippen LogP contribution in [0.1, 0.15) is 41.5 Å². The van der Waals surface area contributed by atoms with E-state index in [2.05, 4.69) is 9.97 Å². The van der Waals surface area contributed by atoms with Crippen molar-refractivity contribution in [2.75, 3.05) is 13.1 Å². The molecule has 1 saturated heterocycles. The highest BCUT2D eigenvalue weighted by Gasteiger charge is 2.25. The Balaban J connectivity index is 1.63. The fourth-order valence-electron chi connectivity index (χ4n) is 3.20. The van der Waals surface area contributed by atoms with Crippen molar-refractivity contribution in [1.82, 2.24) is 14.9 Å². The Hall–Kier alpha value is -2.30. The van der Waals surface area contributed by atoms with Crippen molar-refractivity contribution < 1.29 is 9.18 Å². The largest absolute Gasteiger partial charge is 0.338 e. The van der Waals surface area contributed by atoms with Crippen molar-refractivity contribution in [3.8, 4) is 0 Å². The van der Waals surface area contributed by atoms with E-state index in [9.17, 15) is 9.18 Å². The topological polar surface area (TPSA) is 46.1 Å². The van der Waals surface area contributed by atoms with Gasteiger partial charge in [-0.15, -0.1) is 0 Å². The van der Waals surface area contributed by atoms with Gasteiger partial charge in [0.2, 0.25) is 0 Å². The molecule has 1 aromatic heterocycles. The lowest BCUT2D eigenvalue weighted by atomic mass is 9.91. The second kappa shape index (κ2) is 7.51. The molecule has 0 radical (unpaired) electrons. The third kappa shape index (κ3) is 3.96. The Labute approximate surface area is 141 Å². The van der Waals surface area contributed by atoms with Gasteiger partial charge in [0.15, 0.2) is 0 Å². The van der Waals surface area contributed by atoms with Crippen LogP contribution < -0.4 is 0 Å². The molecule has 24 heavy (non-hydrogen) atoms. The first-order valence-electron chi connectivity index (χ1n) is 8.50. The predicted molar refractivity (Wildman–Crippen MR) is 90.1 cm³/mol. The molecule has 5 heteroatoms. The van der Waals surface area contributed by atoms with Crippen LogP contribution in [0.25, 0.3) is 0 Å². The number of nitrogens with zero attached hydrogens (tertiary/aromatic N) is 3. The third-order valence-corrected chi connectivity index (χ3v) is 4.51. The second-order valence-corrected chi connectivity index (χ2v) is 6.33. The summed E-state index contributed by atoms with van der Waals surface area (Å²) in [6, 6.07) is 6.64. The van der Waals surface area contributed by atoms with Gasteiger partial charge in [-0.25, -0.2) is 14.4 Å². The average molecular weight is 327 g/mol. The van der Waals surface area contributed by atoms with E-state index < -0.39 is 0 Å². The molecule has 0 aliphatic carbocycles. The normalized spacial score (nSPS) is 17.8. The molecule has 1 fully saturated rings. The molecule has 1 atom stereocenters. The third-order valence-electron chi connectivity index (χ3n) is 4.51. The number of aromatic nitrogens is 2. The highest BCUT2D eigenvalue weighted by molar-refractivity contribution is 5.93. The Kier molecular flexibility index (Phi) is 5.18. The summed E-state index contributed by atoms with van der Waals surface area (Å²) >= 11 is 0. The van der Waals surface area contributed by atoms with Gasteiger partial charge in [-0.1, -0.05) is 19.1 Å². The molecule has 1 aliphatic heterocycles. The van der Waals surface area contributed by atoms with E-state index in [4.69, 9.17) is 0 Å². The SMILES string of the molecule is CCc1ncc(C(=O)N2CCC[C@H](Cc3ccc(F)cc3)C2)cn1. The van der Waals surface area contributed by atoms with E-state index >= 15 is 0 Å². The number of carbonyl (C=O) groups excluding carboxylic acids is 1. The molecule has 1 aliphatic rings. The number of likely N-dealkylation sites (tertiary alicyclic amines) is 1. The molecule has 2 heterocycles. The average Bonchev–Trinajstić information content (AvgIpc) is 2.63. The summed E-state index contributed by atoms with van der Waals surface area (Å²) in [6.07, 6.45) is 6.96. The van der Waals surface area contributed by atoms with Crippen LogP contribution in [-0.2, 0) is 12.8 Å². The van der Waals surface area contributed by atoms with Gasteiger partial charge in [-0.05, 0) is 42.9 Å². The summed E-state index contributed by atoms with van der Waals surface area (Å²) in [4.78, 5) is 23.0. The summed E-state index contributed by atoms with van der Waals surface area (Å²) in [6.45, 7) is 3.49. The maximum atomic E-state index is 13.0. The molecular formula is C19H22FN3O. The van der Waals surface area contributed by atoms with Crippen molar-refractivity contribution in [3.63, 3.8) is 0 Å². The molecule has 126 valence electrons. The number of amides is 1. The maximum absolute atomic E-state index is 13.0. The van der Waals surface area contributed by atoms with Crippen LogP contribution in [-0.4, -0.2) is 33.9 Å². The van der Waals surface area contributed by atoms with Crippen molar-refractivity contribution >= 4 is 5.91 Å². The monoisotopic (exact) mass is 327 g/mol. The second-order valence-electron chi connectivity index (χ2n) is 6.33. The number of halogens is 1. The molecule has 3 rings (SSSR count). The Morgan fingerprint density at radius 1 is 1.25 bits per heavy atom. The summed E-state index contributed by atoms with van der Waals surface area (Å²) in [7, 11) is 0. The van der Waals surface area contributed by atoms with Crippen LogP contribution >= 0.6 is 0 Å². The summed E-state index contributed by atoms with van der Waals surface area (Å²) in [5, 5.41) is 0. The molecule has 0 bridgehead atoms. The number of rotatable bonds is 4. The number of hydrogen-bond acceptors (Lipinski definition) is 3. The Morgan fingerprint density at radius 2 is 1.96 bits per heavy atom. The van der Waals surface area contributed by atoms with Crippen LogP contribution in [0.15, 0.2) is 36.7 Å². The first-order valence-corrected chi connectivity index (χ1v) is 8.50. The minimum atomic E-state index is -0.213. The van der Waals surface area contributed by atoms with E-state index in [1.807, 2.05) is 24.0 Å². The van der Waals surface area contributed by atoms with Crippen molar-refractivity contribution in [2.45, 2.75) is 32.6 Å². The molecule has 0 saturated carbocycles. The molecule has 1 amide bonds. The zero-order valence-electron chi connectivity index (χ0n) is 13.9. The number of piperidine rings is 1. The minimum Gasteiger partial charge on any atom is -0.338 e. The van der Waals surface area contributed by atoms with Crippen molar-refractivity contribution in [3.05, 3.63) is 59.4 Å². The maximum Gasteiger partial charge on any atom is 0.256 e. The highest BCUT2D eigenvalue weighted by atomic mass is 19.1. The number of aryl methyl sites for hydroxylation is 1. The predicted octanol–water partition coefficient (Wildman–Crippen LogP) is 3.27. The fraction of sp³-hybridized carbons (Fsp3) is 0.421. The molecular weight excluding hydrogens is 305 g/mol. The zero-order valence-corrected chi connectivity index (χ0v) is 13.9. The van der Waals surface area contributed by atoms with Crippen LogP contribution in [0.4, 0.5) is 4.39 Å². The quantitative estimate of drug-likeness (QED) is 0.866. The molecule has 2 aromatic rings. The van der Waals surface area contributed by atoms with Gasteiger partial charge in [0.25, 0.3) is 5.91 Å². The Morgan fingerprint density at radius 3 is 2.62 bits per heavy atom. The lowest BCUT2D eigenvalue weighted by molar-refractivity contribution is 0.0672. The van der Waals surface area contributed by atoms with Gasteiger partial charge in [0.1, 0.15) is 11.6 Å². The van der Waals surface area contributed by atoms with E-state index in [0.717, 1.165) is 50.2 Å². The molecule has 1 aromatic carbocycles. The van der Waals surface area contributed by atoms with Gasteiger partial charge >= 0.3 is 0 Å². The van der Waals surface area contributed by atoms with E-state index in [1.165, 1.54) is 12.1 Å². The highest BCUT2D eigenvalue weighted by Crippen LogP contribution is 2.22. The van der Waals surface area contributed by atoms with Crippen LogP contribution in [0.3, 0.4) is 0 Å². The van der Waals surface area contributed by atoms with E-state index in [0.29, 0.717) is 11.5 Å². The molecule has 0 spiro atoms. The van der Waals surface area contributed by atoms with Gasteiger partial charge in [0.05, 0.1) is 5.56 Å². The summed E-state index contributed by atoms with van der Waals surface area (Å²) in [5.74, 6) is 0.944. The fourth-order valence-corrected chi connectivity index (χ4v) is 3.20. The first kappa shape index (κ1) is 16.6. The van der Waals surface area contributed by atoms with Crippen LogP contribution in [0.5, 0.6) is 0 Å². The van der Waals surface area contributed by atoms with E-state index in [-0.39, 0.29) is 11.7 Å². The van der Waals surface area contributed by atoms with Crippen LogP contribution in [0.2, 0.25) is 0 Å². The lowest BCUT2D eigenvalue weighted by Crippen LogP contribution is -2.40.